The van der Waals surface area contributed by atoms with Crippen molar-refractivity contribution in [3.05, 3.63) is 45.7 Å². The molecule has 5 nitrogen and oxygen atoms in total. The molecule has 2 rings (SSSR count). The van der Waals surface area contributed by atoms with Crippen molar-refractivity contribution in [1.29, 1.82) is 5.41 Å². The molecule has 3 N–H and O–H groups in total. The third-order valence-corrected chi connectivity index (χ3v) is 3.96. The molecule has 0 spiro atoms. The highest BCUT2D eigenvalue weighted by Crippen LogP contribution is 2.24. The number of nitrogen functional groups attached to an aromatic ring is 1. The molecule has 0 atom stereocenters. The SMILES string of the molecule is CCc1nn(C)c(COc2ccccc2C(=N)N)c1Br. The Morgan fingerprint density at radius 3 is 2.75 bits per heavy atom. The van der Waals surface area contributed by atoms with E-state index in [4.69, 9.17) is 15.9 Å². The number of benzene rings is 1. The fraction of sp³-hybridized carbons (Fsp3) is 0.286. The highest BCUT2D eigenvalue weighted by atomic mass is 79.9. The number of hydrogen-bond acceptors (Lipinski definition) is 3. The zero-order chi connectivity index (χ0) is 14.7. The molecule has 0 fully saturated rings. The summed E-state index contributed by atoms with van der Waals surface area (Å²) in [6.45, 7) is 2.43. The second-order valence-corrected chi connectivity index (χ2v) is 5.18. The van der Waals surface area contributed by atoms with Crippen LogP contribution in [0.3, 0.4) is 0 Å². The van der Waals surface area contributed by atoms with E-state index in [1.807, 2.05) is 25.2 Å². The molecule has 0 saturated heterocycles. The van der Waals surface area contributed by atoms with Gasteiger partial charge >= 0.3 is 0 Å². The molecule has 0 amide bonds. The molecule has 0 unspecified atom stereocenters. The van der Waals surface area contributed by atoms with Crippen molar-refractivity contribution in [3.8, 4) is 5.75 Å². The first-order valence-corrected chi connectivity index (χ1v) is 7.10. The van der Waals surface area contributed by atoms with Crippen LogP contribution in [0.5, 0.6) is 5.75 Å². The van der Waals surface area contributed by atoms with Crippen LogP contribution in [0.1, 0.15) is 23.9 Å². The Labute approximate surface area is 126 Å². The summed E-state index contributed by atoms with van der Waals surface area (Å²) in [6, 6.07) is 7.27. The summed E-state index contributed by atoms with van der Waals surface area (Å²) in [7, 11) is 1.89. The number of rotatable bonds is 5. The van der Waals surface area contributed by atoms with Crippen LogP contribution in [0.2, 0.25) is 0 Å². The lowest BCUT2D eigenvalue weighted by atomic mass is 10.2. The van der Waals surface area contributed by atoms with Crippen LogP contribution in [0, 0.1) is 5.41 Å². The van der Waals surface area contributed by atoms with E-state index in [1.165, 1.54) is 0 Å². The second-order valence-electron chi connectivity index (χ2n) is 4.38. The van der Waals surface area contributed by atoms with Gasteiger partial charge in [-0.25, -0.2) is 0 Å². The van der Waals surface area contributed by atoms with Gasteiger partial charge < -0.3 is 10.5 Å². The van der Waals surface area contributed by atoms with Crippen LogP contribution < -0.4 is 10.5 Å². The van der Waals surface area contributed by atoms with Crippen molar-refractivity contribution >= 4 is 21.8 Å². The van der Waals surface area contributed by atoms with Gasteiger partial charge in [-0.05, 0) is 34.5 Å². The van der Waals surface area contributed by atoms with E-state index in [-0.39, 0.29) is 5.84 Å². The van der Waals surface area contributed by atoms with Crippen molar-refractivity contribution in [2.75, 3.05) is 0 Å². The normalized spacial score (nSPS) is 10.6. The molecule has 2 aromatic rings. The Morgan fingerprint density at radius 2 is 2.15 bits per heavy atom. The molecule has 0 saturated carbocycles. The average molecular weight is 337 g/mol. The van der Waals surface area contributed by atoms with Crippen LogP contribution in [0.4, 0.5) is 0 Å². The highest BCUT2D eigenvalue weighted by Gasteiger charge is 2.14. The van der Waals surface area contributed by atoms with E-state index >= 15 is 0 Å². The molecule has 6 heteroatoms. The first-order chi connectivity index (χ1) is 9.54. The lowest BCUT2D eigenvalue weighted by Gasteiger charge is -2.10. The van der Waals surface area contributed by atoms with E-state index in [9.17, 15) is 0 Å². The maximum atomic E-state index is 7.55. The lowest BCUT2D eigenvalue weighted by Crippen LogP contribution is -2.13. The van der Waals surface area contributed by atoms with Crippen LogP contribution in [-0.4, -0.2) is 15.6 Å². The van der Waals surface area contributed by atoms with Crippen LogP contribution in [0.25, 0.3) is 0 Å². The number of hydrogen-bond donors (Lipinski definition) is 2. The Kier molecular flexibility index (Phi) is 4.44. The van der Waals surface area contributed by atoms with Gasteiger partial charge in [0.15, 0.2) is 0 Å². The third-order valence-electron chi connectivity index (χ3n) is 3.04. The first-order valence-electron chi connectivity index (χ1n) is 6.31. The molecule has 1 aromatic carbocycles. The number of halogens is 1. The van der Waals surface area contributed by atoms with Gasteiger partial charge in [-0.2, -0.15) is 5.10 Å². The summed E-state index contributed by atoms with van der Waals surface area (Å²) in [6.07, 6.45) is 0.860. The second kappa shape index (κ2) is 6.09. The van der Waals surface area contributed by atoms with Crippen LogP contribution >= 0.6 is 15.9 Å². The van der Waals surface area contributed by atoms with Gasteiger partial charge in [0.1, 0.15) is 18.2 Å². The average Bonchev–Trinajstić information content (AvgIpc) is 2.71. The van der Waals surface area contributed by atoms with Crippen molar-refractivity contribution in [3.63, 3.8) is 0 Å². The van der Waals surface area contributed by atoms with E-state index in [1.54, 1.807) is 10.7 Å². The summed E-state index contributed by atoms with van der Waals surface area (Å²) in [5.74, 6) is 0.602. The molecule has 0 bridgehead atoms. The van der Waals surface area contributed by atoms with Gasteiger partial charge in [0.05, 0.1) is 21.4 Å². The van der Waals surface area contributed by atoms with Gasteiger partial charge in [-0.3, -0.25) is 10.1 Å². The molecule has 0 aliphatic heterocycles. The molecule has 1 aromatic heterocycles. The Balaban J connectivity index is 2.21. The van der Waals surface area contributed by atoms with E-state index in [2.05, 4.69) is 28.0 Å². The molecule has 106 valence electrons. The molecule has 1 heterocycles. The van der Waals surface area contributed by atoms with Crippen LogP contribution in [0.15, 0.2) is 28.7 Å². The van der Waals surface area contributed by atoms with E-state index in [0.717, 1.165) is 22.3 Å². The Hall–Kier alpha value is -1.82. The molecule has 0 aliphatic rings. The van der Waals surface area contributed by atoms with Crippen molar-refractivity contribution < 1.29 is 4.74 Å². The zero-order valence-corrected chi connectivity index (χ0v) is 13.1. The third kappa shape index (κ3) is 2.85. The quantitative estimate of drug-likeness (QED) is 0.650. The topological polar surface area (TPSA) is 76.9 Å². The predicted octanol–water partition coefficient (Wildman–Crippen LogP) is 2.61. The maximum absolute atomic E-state index is 7.55. The largest absolute Gasteiger partial charge is 0.487 e. The minimum atomic E-state index is -0.00100. The highest BCUT2D eigenvalue weighted by molar-refractivity contribution is 9.10. The molecular formula is C14H17BrN4O. The summed E-state index contributed by atoms with van der Waals surface area (Å²) >= 11 is 3.55. The summed E-state index contributed by atoms with van der Waals surface area (Å²) in [4.78, 5) is 0. The number of aryl methyl sites for hydroxylation is 2. The van der Waals surface area contributed by atoms with Gasteiger partial charge in [0, 0.05) is 7.05 Å². The number of ether oxygens (including phenoxy) is 1. The summed E-state index contributed by atoms with van der Waals surface area (Å²) in [5, 5.41) is 12.0. The van der Waals surface area contributed by atoms with Crippen molar-refractivity contribution in [2.45, 2.75) is 20.0 Å². The molecular weight excluding hydrogens is 320 g/mol. The Morgan fingerprint density at radius 1 is 1.45 bits per heavy atom. The zero-order valence-electron chi connectivity index (χ0n) is 11.5. The fourth-order valence-electron chi connectivity index (χ4n) is 1.94. The number of nitrogens with two attached hydrogens (primary N) is 1. The minimum absolute atomic E-state index is 0.00100. The number of amidine groups is 1. The summed E-state index contributed by atoms with van der Waals surface area (Å²) in [5.41, 5.74) is 8.11. The minimum Gasteiger partial charge on any atom is -0.487 e. The first kappa shape index (κ1) is 14.6. The van der Waals surface area contributed by atoms with E-state index < -0.39 is 0 Å². The maximum Gasteiger partial charge on any atom is 0.131 e. The molecule has 20 heavy (non-hydrogen) atoms. The predicted molar refractivity (Wildman–Crippen MR) is 82.1 cm³/mol. The number of aromatic nitrogens is 2. The number of nitrogens with one attached hydrogen (secondary N) is 1. The van der Waals surface area contributed by atoms with Gasteiger partial charge in [-0.1, -0.05) is 19.1 Å². The van der Waals surface area contributed by atoms with Crippen LogP contribution in [-0.2, 0) is 20.1 Å². The molecule has 0 radical (unpaired) electrons. The Bertz CT molecular complexity index is 636. The monoisotopic (exact) mass is 336 g/mol. The van der Waals surface area contributed by atoms with Gasteiger partial charge in [0.25, 0.3) is 0 Å². The number of para-hydroxylation sites is 1. The molecule has 0 aliphatic carbocycles. The fourth-order valence-corrected chi connectivity index (χ4v) is 2.67. The number of nitrogens with zero attached hydrogens (tertiary/aromatic N) is 2. The standard InChI is InChI=1S/C14H17BrN4O/c1-3-10-13(15)11(19(2)18-10)8-20-12-7-5-4-6-9(12)14(16)17/h4-7H,3,8H2,1-2H3,(H3,16,17). The van der Waals surface area contributed by atoms with Gasteiger partial charge in [0.2, 0.25) is 0 Å². The smallest absolute Gasteiger partial charge is 0.131 e. The van der Waals surface area contributed by atoms with Crippen molar-refractivity contribution in [2.24, 2.45) is 12.8 Å². The lowest BCUT2D eigenvalue weighted by molar-refractivity contribution is 0.293. The van der Waals surface area contributed by atoms with E-state index in [0.29, 0.717) is 17.9 Å². The summed E-state index contributed by atoms with van der Waals surface area (Å²) < 4.78 is 8.57. The van der Waals surface area contributed by atoms with Crippen molar-refractivity contribution in [1.82, 2.24) is 9.78 Å². The van der Waals surface area contributed by atoms with Gasteiger partial charge in [-0.15, -0.1) is 0 Å².